The number of likely N-dealkylation sites (N-methyl/N-ethyl adjacent to an activating group) is 1. The van der Waals surface area contributed by atoms with Crippen molar-refractivity contribution in [2.24, 2.45) is 5.92 Å². The van der Waals surface area contributed by atoms with Crippen LogP contribution in [0, 0.1) is 5.92 Å². The lowest BCUT2D eigenvalue weighted by Gasteiger charge is -2.22. The molecule has 0 N–H and O–H groups in total. The van der Waals surface area contributed by atoms with Crippen LogP contribution in [0.5, 0.6) is 0 Å². The van der Waals surface area contributed by atoms with Gasteiger partial charge in [-0.1, -0.05) is 6.92 Å². The number of nitrogens with zero attached hydrogens (tertiary/aromatic N) is 1. The van der Waals surface area contributed by atoms with Gasteiger partial charge in [0, 0.05) is 19.1 Å². The summed E-state index contributed by atoms with van der Waals surface area (Å²) in [4.78, 5) is 13.9. The fourth-order valence-electron chi connectivity index (χ4n) is 2.14. The third kappa shape index (κ3) is 3.28. The van der Waals surface area contributed by atoms with Crippen LogP contribution in [0.4, 0.5) is 0 Å². The smallest absolute Gasteiger partial charge is 0.149 e. The summed E-state index contributed by atoms with van der Waals surface area (Å²) < 4.78 is 5.59. The Kier molecular flexibility index (Phi) is 3.76. The van der Waals surface area contributed by atoms with Crippen LogP contribution < -0.4 is 0 Å². The third-order valence-electron chi connectivity index (χ3n) is 3.35. The third-order valence-corrected chi connectivity index (χ3v) is 3.35. The normalized spacial score (nSPS) is 26.1. The minimum Gasteiger partial charge on any atom is -0.377 e. The molecular weight excluding hydrogens is 190 g/mol. The van der Waals surface area contributed by atoms with E-state index in [1.54, 1.807) is 0 Å². The van der Waals surface area contributed by atoms with Gasteiger partial charge in [-0.25, -0.2) is 0 Å². The van der Waals surface area contributed by atoms with E-state index in [0.29, 0.717) is 24.3 Å². The zero-order chi connectivity index (χ0) is 10.7. The summed E-state index contributed by atoms with van der Waals surface area (Å²) in [5, 5.41) is 0. The van der Waals surface area contributed by atoms with Gasteiger partial charge in [-0.2, -0.15) is 0 Å². The maximum atomic E-state index is 11.7. The van der Waals surface area contributed by atoms with E-state index in [-0.39, 0.29) is 0 Å². The van der Waals surface area contributed by atoms with Gasteiger partial charge in [0.2, 0.25) is 0 Å². The van der Waals surface area contributed by atoms with Crippen molar-refractivity contribution in [3.63, 3.8) is 0 Å². The number of ether oxygens (including phenoxy) is 1. The van der Waals surface area contributed by atoms with Crippen molar-refractivity contribution < 1.29 is 9.53 Å². The molecule has 0 aromatic heterocycles. The van der Waals surface area contributed by atoms with Crippen LogP contribution in [0.25, 0.3) is 0 Å². The SMILES string of the molecule is CCN(CC(=O)C1CC1)CC1CCCO1. The molecule has 3 nitrogen and oxygen atoms in total. The Balaban J connectivity index is 1.72. The number of rotatable bonds is 6. The van der Waals surface area contributed by atoms with E-state index < -0.39 is 0 Å². The van der Waals surface area contributed by atoms with Crippen LogP contribution in [-0.2, 0) is 9.53 Å². The van der Waals surface area contributed by atoms with Crippen molar-refractivity contribution in [3.8, 4) is 0 Å². The van der Waals surface area contributed by atoms with Gasteiger partial charge >= 0.3 is 0 Å². The highest BCUT2D eigenvalue weighted by Gasteiger charge is 2.30. The maximum Gasteiger partial charge on any atom is 0.149 e. The molecule has 1 aliphatic carbocycles. The molecule has 15 heavy (non-hydrogen) atoms. The summed E-state index contributed by atoms with van der Waals surface area (Å²) in [5.74, 6) is 0.832. The van der Waals surface area contributed by atoms with Crippen LogP contribution in [0.2, 0.25) is 0 Å². The molecule has 1 aliphatic heterocycles. The van der Waals surface area contributed by atoms with Crippen molar-refractivity contribution in [2.45, 2.75) is 38.7 Å². The molecule has 86 valence electrons. The van der Waals surface area contributed by atoms with E-state index in [0.717, 1.165) is 39.0 Å². The quantitative estimate of drug-likeness (QED) is 0.666. The van der Waals surface area contributed by atoms with Gasteiger partial charge < -0.3 is 4.74 Å². The Labute approximate surface area is 91.8 Å². The fraction of sp³-hybridized carbons (Fsp3) is 0.917. The summed E-state index contributed by atoms with van der Waals surface area (Å²) >= 11 is 0. The van der Waals surface area contributed by atoms with Gasteiger partial charge in [-0.3, -0.25) is 9.69 Å². The van der Waals surface area contributed by atoms with Crippen LogP contribution in [-0.4, -0.2) is 43.0 Å². The van der Waals surface area contributed by atoms with Gasteiger partial charge in [0.1, 0.15) is 5.78 Å². The van der Waals surface area contributed by atoms with Crippen LogP contribution in [0.1, 0.15) is 32.6 Å². The Morgan fingerprint density at radius 1 is 1.40 bits per heavy atom. The number of Topliss-reactive ketones (excluding diaryl/α,β-unsaturated/α-hetero) is 1. The topological polar surface area (TPSA) is 29.5 Å². The summed E-state index contributed by atoms with van der Waals surface area (Å²) in [6, 6.07) is 0. The van der Waals surface area contributed by atoms with Crippen molar-refractivity contribution in [1.82, 2.24) is 4.90 Å². The number of ketones is 1. The van der Waals surface area contributed by atoms with Gasteiger partial charge in [0.15, 0.2) is 0 Å². The second-order valence-corrected chi connectivity index (χ2v) is 4.70. The molecule has 0 amide bonds. The number of hydrogen-bond donors (Lipinski definition) is 0. The summed E-state index contributed by atoms with van der Waals surface area (Å²) in [7, 11) is 0. The number of carbonyl (C=O) groups excluding carboxylic acids is 1. The zero-order valence-corrected chi connectivity index (χ0v) is 9.58. The Morgan fingerprint density at radius 3 is 2.73 bits per heavy atom. The predicted octanol–water partition coefficient (Wildman–Crippen LogP) is 1.47. The lowest BCUT2D eigenvalue weighted by Crippen LogP contribution is -2.36. The lowest BCUT2D eigenvalue weighted by atomic mass is 10.2. The first kappa shape index (κ1) is 11.1. The highest BCUT2D eigenvalue weighted by Crippen LogP contribution is 2.30. The van der Waals surface area contributed by atoms with Crippen LogP contribution in [0.15, 0.2) is 0 Å². The largest absolute Gasteiger partial charge is 0.377 e. The standard InChI is InChI=1S/C12H21NO2/c1-2-13(8-11-4-3-7-15-11)9-12(14)10-5-6-10/h10-11H,2-9H2,1H3. The second kappa shape index (κ2) is 5.08. The number of carbonyl (C=O) groups is 1. The van der Waals surface area contributed by atoms with Gasteiger partial charge in [0.25, 0.3) is 0 Å². The molecule has 0 aromatic carbocycles. The van der Waals surface area contributed by atoms with E-state index in [4.69, 9.17) is 4.74 Å². The van der Waals surface area contributed by atoms with Crippen molar-refractivity contribution in [3.05, 3.63) is 0 Å². The first-order valence-corrected chi connectivity index (χ1v) is 6.16. The molecule has 3 heteroatoms. The minimum atomic E-state index is 0.372. The van der Waals surface area contributed by atoms with Crippen LogP contribution in [0.3, 0.4) is 0 Å². The molecule has 0 aromatic rings. The summed E-state index contributed by atoms with van der Waals surface area (Å²) in [5.41, 5.74) is 0. The Bertz CT molecular complexity index is 220. The first-order chi connectivity index (χ1) is 7.29. The Hall–Kier alpha value is -0.410. The molecule has 0 bridgehead atoms. The molecule has 1 atom stereocenters. The van der Waals surface area contributed by atoms with E-state index in [1.807, 2.05) is 0 Å². The van der Waals surface area contributed by atoms with E-state index in [1.165, 1.54) is 6.42 Å². The summed E-state index contributed by atoms with van der Waals surface area (Å²) in [6.45, 7) is 5.56. The van der Waals surface area contributed by atoms with Gasteiger partial charge in [0.05, 0.1) is 12.6 Å². The molecule has 2 rings (SSSR count). The number of hydrogen-bond acceptors (Lipinski definition) is 3. The second-order valence-electron chi connectivity index (χ2n) is 4.70. The van der Waals surface area contributed by atoms with E-state index >= 15 is 0 Å². The van der Waals surface area contributed by atoms with Crippen LogP contribution >= 0.6 is 0 Å². The summed E-state index contributed by atoms with van der Waals surface area (Å²) in [6.07, 6.45) is 4.96. The average Bonchev–Trinajstić information content (AvgIpc) is 2.97. The molecule has 1 saturated heterocycles. The van der Waals surface area contributed by atoms with Crippen molar-refractivity contribution >= 4 is 5.78 Å². The molecular formula is C12H21NO2. The van der Waals surface area contributed by atoms with Crippen molar-refractivity contribution in [2.75, 3.05) is 26.2 Å². The molecule has 2 aliphatic rings. The predicted molar refractivity (Wildman–Crippen MR) is 58.8 cm³/mol. The zero-order valence-electron chi connectivity index (χ0n) is 9.58. The fourth-order valence-corrected chi connectivity index (χ4v) is 2.14. The molecule has 0 spiro atoms. The molecule has 2 fully saturated rings. The lowest BCUT2D eigenvalue weighted by molar-refractivity contribution is -0.121. The molecule has 1 saturated carbocycles. The first-order valence-electron chi connectivity index (χ1n) is 6.16. The molecule has 1 unspecified atom stereocenters. The maximum absolute atomic E-state index is 11.7. The molecule has 0 radical (unpaired) electrons. The highest BCUT2D eigenvalue weighted by atomic mass is 16.5. The average molecular weight is 211 g/mol. The van der Waals surface area contributed by atoms with E-state index in [9.17, 15) is 4.79 Å². The highest BCUT2D eigenvalue weighted by molar-refractivity contribution is 5.84. The van der Waals surface area contributed by atoms with Crippen molar-refractivity contribution in [1.29, 1.82) is 0 Å². The van der Waals surface area contributed by atoms with E-state index in [2.05, 4.69) is 11.8 Å². The van der Waals surface area contributed by atoms with Gasteiger partial charge in [-0.15, -0.1) is 0 Å². The molecule has 1 heterocycles. The monoisotopic (exact) mass is 211 g/mol. The van der Waals surface area contributed by atoms with Gasteiger partial charge in [-0.05, 0) is 32.2 Å². The Morgan fingerprint density at radius 2 is 2.20 bits per heavy atom. The minimum absolute atomic E-state index is 0.372.